The van der Waals surface area contributed by atoms with Crippen molar-refractivity contribution >= 4 is 11.5 Å². The van der Waals surface area contributed by atoms with Gasteiger partial charge >= 0.3 is 11.7 Å². The van der Waals surface area contributed by atoms with Crippen LogP contribution in [0.15, 0.2) is 24.4 Å². The Bertz CT molecular complexity index is 651. The first kappa shape index (κ1) is 12.6. The van der Waals surface area contributed by atoms with E-state index in [1.54, 1.807) is 0 Å². The van der Waals surface area contributed by atoms with Gasteiger partial charge in [-0.25, -0.2) is 9.37 Å². The van der Waals surface area contributed by atoms with Crippen LogP contribution in [0, 0.1) is 21.7 Å². The van der Waals surface area contributed by atoms with Crippen LogP contribution in [-0.2, 0) is 0 Å². The minimum absolute atomic E-state index is 0.0767. The van der Waals surface area contributed by atoms with E-state index in [-0.39, 0.29) is 11.8 Å². The van der Waals surface area contributed by atoms with Crippen LogP contribution in [0.25, 0.3) is 0 Å². The van der Waals surface area contributed by atoms with Crippen molar-refractivity contribution < 1.29 is 18.4 Å². The molecule has 0 aliphatic rings. The van der Waals surface area contributed by atoms with Gasteiger partial charge in [-0.1, -0.05) is 0 Å². The van der Waals surface area contributed by atoms with Gasteiger partial charge in [0.2, 0.25) is 5.82 Å². The minimum Gasteiger partial charge on any atom is -0.421 e. The number of nitrogens with zero attached hydrogens (tertiary/aromatic N) is 3. The first-order chi connectivity index (χ1) is 8.97. The Labute approximate surface area is 104 Å². The molecule has 0 radical (unpaired) electrons. The predicted molar refractivity (Wildman–Crippen MR) is 59.5 cm³/mol. The highest BCUT2D eigenvalue weighted by molar-refractivity contribution is 5.40. The molecule has 1 heterocycles. The molecular weight excluding hydrogens is 262 g/mol. The number of benzene rings is 1. The average Bonchev–Trinajstić information content (AvgIpc) is 2.33. The first-order valence-electron chi connectivity index (χ1n) is 4.87. The van der Waals surface area contributed by atoms with Gasteiger partial charge in [0.25, 0.3) is 0 Å². The second-order valence-electron chi connectivity index (χ2n) is 3.36. The molecule has 1 aromatic heterocycles. The summed E-state index contributed by atoms with van der Waals surface area (Å²) in [5, 5.41) is 10.4. The van der Waals surface area contributed by atoms with E-state index in [1.807, 2.05) is 0 Å². The monoisotopic (exact) mass is 268 g/mol. The van der Waals surface area contributed by atoms with Crippen LogP contribution in [0.3, 0.4) is 0 Å². The predicted octanol–water partition coefficient (Wildman–Crippen LogP) is 2.04. The molecule has 0 amide bonds. The standard InChI is InChI=1S/C10H6F2N4O3/c11-5-4-8(6(12)3-7(5)16(17)18)19-10-14-2-1-9(13)15-10/h1-4H,(H2,13,14,15). The first-order valence-corrected chi connectivity index (χ1v) is 4.87. The van der Waals surface area contributed by atoms with Crippen LogP contribution >= 0.6 is 0 Å². The van der Waals surface area contributed by atoms with Gasteiger partial charge in [-0.05, 0) is 6.07 Å². The second-order valence-corrected chi connectivity index (χ2v) is 3.36. The van der Waals surface area contributed by atoms with Crippen molar-refractivity contribution in [2.24, 2.45) is 0 Å². The lowest BCUT2D eigenvalue weighted by atomic mass is 10.3. The van der Waals surface area contributed by atoms with Gasteiger partial charge in [-0.3, -0.25) is 10.1 Å². The molecule has 0 spiro atoms. The van der Waals surface area contributed by atoms with Gasteiger partial charge in [0.15, 0.2) is 11.6 Å². The van der Waals surface area contributed by atoms with Crippen molar-refractivity contribution in [2.45, 2.75) is 0 Å². The maximum atomic E-state index is 13.5. The maximum absolute atomic E-state index is 13.5. The molecule has 98 valence electrons. The van der Waals surface area contributed by atoms with Crippen molar-refractivity contribution in [1.82, 2.24) is 9.97 Å². The van der Waals surface area contributed by atoms with E-state index in [4.69, 9.17) is 10.5 Å². The Hall–Kier alpha value is -2.84. The summed E-state index contributed by atoms with van der Waals surface area (Å²) >= 11 is 0. The van der Waals surface area contributed by atoms with E-state index >= 15 is 0 Å². The van der Waals surface area contributed by atoms with Gasteiger partial charge in [-0.15, -0.1) is 0 Å². The van der Waals surface area contributed by atoms with Crippen molar-refractivity contribution in [3.05, 3.63) is 46.1 Å². The summed E-state index contributed by atoms with van der Waals surface area (Å²) in [6, 6.07) is 2.03. The molecule has 0 saturated heterocycles. The number of hydrogen-bond donors (Lipinski definition) is 1. The average molecular weight is 268 g/mol. The van der Waals surface area contributed by atoms with Crippen LogP contribution in [0.1, 0.15) is 0 Å². The fourth-order valence-corrected chi connectivity index (χ4v) is 1.24. The van der Waals surface area contributed by atoms with Gasteiger partial charge in [0.1, 0.15) is 5.82 Å². The number of nitro groups is 1. The number of aromatic nitrogens is 2. The highest BCUT2D eigenvalue weighted by atomic mass is 19.1. The molecular formula is C10H6F2N4O3. The molecule has 2 aromatic rings. The summed E-state index contributed by atoms with van der Waals surface area (Å²) in [7, 11) is 0. The lowest BCUT2D eigenvalue weighted by Crippen LogP contribution is -1.99. The highest BCUT2D eigenvalue weighted by Crippen LogP contribution is 2.28. The van der Waals surface area contributed by atoms with Crippen LogP contribution < -0.4 is 10.5 Å². The zero-order valence-electron chi connectivity index (χ0n) is 9.21. The molecule has 1 aromatic carbocycles. The molecule has 2 rings (SSSR count). The third-order valence-electron chi connectivity index (χ3n) is 2.05. The Balaban J connectivity index is 2.36. The molecule has 0 bridgehead atoms. The van der Waals surface area contributed by atoms with Gasteiger partial charge < -0.3 is 10.5 Å². The maximum Gasteiger partial charge on any atom is 0.323 e. The Morgan fingerprint density at radius 1 is 1.32 bits per heavy atom. The van der Waals surface area contributed by atoms with Gasteiger partial charge in [0, 0.05) is 12.3 Å². The lowest BCUT2D eigenvalue weighted by molar-refractivity contribution is -0.387. The number of ether oxygens (including phenoxy) is 1. The van der Waals surface area contributed by atoms with E-state index in [1.165, 1.54) is 12.3 Å². The molecule has 0 saturated carbocycles. The van der Waals surface area contributed by atoms with E-state index in [2.05, 4.69) is 9.97 Å². The summed E-state index contributed by atoms with van der Waals surface area (Å²) in [5.74, 6) is -2.84. The van der Waals surface area contributed by atoms with Crippen molar-refractivity contribution in [2.75, 3.05) is 5.73 Å². The van der Waals surface area contributed by atoms with Gasteiger partial charge in [-0.2, -0.15) is 9.37 Å². The third kappa shape index (κ3) is 2.70. The van der Waals surface area contributed by atoms with Crippen molar-refractivity contribution in [3.63, 3.8) is 0 Å². The van der Waals surface area contributed by atoms with Crippen LogP contribution in [0.2, 0.25) is 0 Å². The summed E-state index contributed by atoms with van der Waals surface area (Å²) in [6.45, 7) is 0. The number of nitrogens with two attached hydrogens (primary N) is 1. The molecule has 7 nitrogen and oxygen atoms in total. The van der Waals surface area contributed by atoms with Gasteiger partial charge in [0.05, 0.1) is 11.0 Å². The third-order valence-corrected chi connectivity index (χ3v) is 2.05. The number of rotatable bonds is 3. The molecule has 2 N–H and O–H groups in total. The zero-order valence-corrected chi connectivity index (χ0v) is 9.21. The number of hydrogen-bond acceptors (Lipinski definition) is 6. The molecule has 0 fully saturated rings. The summed E-state index contributed by atoms with van der Waals surface area (Å²) < 4.78 is 31.7. The quantitative estimate of drug-likeness (QED) is 0.674. The van der Waals surface area contributed by atoms with E-state index in [9.17, 15) is 18.9 Å². The number of nitro benzene ring substituents is 1. The summed E-state index contributed by atoms with van der Waals surface area (Å²) in [6.07, 6.45) is 1.26. The topological polar surface area (TPSA) is 104 Å². The fourth-order valence-electron chi connectivity index (χ4n) is 1.24. The molecule has 9 heteroatoms. The Kier molecular flexibility index (Phi) is 3.19. The van der Waals surface area contributed by atoms with Crippen molar-refractivity contribution in [3.8, 4) is 11.8 Å². The van der Waals surface area contributed by atoms with E-state index in [0.29, 0.717) is 12.1 Å². The molecule has 0 unspecified atom stereocenters. The fraction of sp³-hybridized carbons (Fsp3) is 0. The van der Waals surface area contributed by atoms with Crippen molar-refractivity contribution in [1.29, 1.82) is 0 Å². The Morgan fingerprint density at radius 2 is 2.05 bits per heavy atom. The molecule has 19 heavy (non-hydrogen) atoms. The highest BCUT2D eigenvalue weighted by Gasteiger charge is 2.20. The summed E-state index contributed by atoms with van der Waals surface area (Å²) in [4.78, 5) is 16.6. The molecule has 0 aliphatic heterocycles. The largest absolute Gasteiger partial charge is 0.421 e. The van der Waals surface area contributed by atoms with Crippen LogP contribution in [0.5, 0.6) is 11.8 Å². The molecule has 0 aliphatic carbocycles. The van der Waals surface area contributed by atoms with Crippen LogP contribution in [-0.4, -0.2) is 14.9 Å². The Morgan fingerprint density at radius 3 is 2.68 bits per heavy atom. The van der Waals surface area contributed by atoms with E-state index in [0.717, 1.165) is 0 Å². The SMILES string of the molecule is Nc1ccnc(Oc2cc(F)c([N+](=O)[O-])cc2F)n1. The number of anilines is 1. The number of nitrogen functional groups attached to an aromatic ring is 1. The molecule has 0 atom stereocenters. The summed E-state index contributed by atoms with van der Waals surface area (Å²) in [5.41, 5.74) is 4.37. The normalized spacial score (nSPS) is 10.2. The zero-order chi connectivity index (χ0) is 14.0. The minimum atomic E-state index is -1.23. The number of halogens is 2. The van der Waals surface area contributed by atoms with E-state index < -0.39 is 28.0 Å². The van der Waals surface area contributed by atoms with Crippen LogP contribution in [0.4, 0.5) is 20.3 Å². The second kappa shape index (κ2) is 4.80. The smallest absolute Gasteiger partial charge is 0.323 e. The lowest BCUT2D eigenvalue weighted by Gasteiger charge is -2.05.